The molecule has 1 fully saturated rings. The molecule has 1 aliphatic carbocycles. The lowest BCUT2D eigenvalue weighted by atomic mass is 10.1. The van der Waals surface area contributed by atoms with Crippen LogP contribution >= 0.6 is 0 Å². The van der Waals surface area contributed by atoms with Crippen LogP contribution in [-0.4, -0.2) is 16.0 Å². The minimum Gasteiger partial charge on any atom is -0.336 e. The Morgan fingerprint density at radius 2 is 2.04 bits per heavy atom. The molecule has 0 bridgehead atoms. The summed E-state index contributed by atoms with van der Waals surface area (Å²) in [5.74, 6) is 0.288. The Hall–Kier alpha value is -2.69. The van der Waals surface area contributed by atoms with Crippen molar-refractivity contribution >= 4 is 22.7 Å². The topological polar surface area (TPSA) is 68.0 Å². The number of anilines is 1. The molecule has 1 N–H and O–H groups in total. The minimum atomic E-state index is -0.149. The first-order chi connectivity index (χ1) is 11.5. The highest BCUT2D eigenvalue weighted by Gasteiger charge is 2.28. The summed E-state index contributed by atoms with van der Waals surface area (Å²) in [6, 6.07) is 7.79. The first-order valence-corrected chi connectivity index (χ1v) is 8.19. The molecule has 2 heterocycles. The molecule has 0 unspecified atom stereocenters. The molecule has 122 valence electrons. The summed E-state index contributed by atoms with van der Waals surface area (Å²) in [4.78, 5) is 17.5. The predicted molar refractivity (Wildman–Crippen MR) is 92.4 cm³/mol. The highest BCUT2D eigenvalue weighted by Crippen LogP contribution is 2.40. The highest BCUT2D eigenvalue weighted by molar-refractivity contribution is 6.12. The van der Waals surface area contributed by atoms with Crippen molar-refractivity contribution < 1.29 is 9.32 Å². The van der Waals surface area contributed by atoms with Gasteiger partial charge in [0.15, 0.2) is 0 Å². The molecule has 0 saturated heterocycles. The predicted octanol–water partition coefficient (Wildman–Crippen LogP) is 4.28. The first-order valence-electron chi connectivity index (χ1n) is 8.19. The maximum atomic E-state index is 12.9. The summed E-state index contributed by atoms with van der Waals surface area (Å²) in [5, 5.41) is 7.70. The second-order valence-electron chi connectivity index (χ2n) is 6.52. The molecule has 0 aliphatic heterocycles. The molecule has 1 aromatic carbocycles. The van der Waals surface area contributed by atoms with E-state index in [-0.39, 0.29) is 5.91 Å². The fourth-order valence-corrected chi connectivity index (χ4v) is 2.96. The number of fused-ring (bicyclic) bond motifs is 1. The van der Waals surface area contributed by atoms with Crippen LogP contribution in [0.15, 0.2) is 28.8 Å². The number of hydrogen-bond donors (Lipinski definition) is 1. The number of aromatic nitrogens is 2. The number of amides is 1. The standard InChI is InChI=1S/C19H19N3O2/c1-10-5-4-6-15(11(10)2)20-18(23)14-9-16(13-7-8-13)21-19-17(14)12(3)22-24-19/h4-6,9,13H,7-8H2,1-3H3,(H,20,23). The molecule has 24 heavy (non-hydrogen) atoms. The molecule has 1 saturated carbocycles. The molecule has 4 rings (SSSR count). The van der Waals surface area contributed by atoms with E-state index in [1.807, 2.05) is 45.0 Å². The van der Waals surface area contributed by atoms with Gasteiger partial charge in [0.2, 0.25) is 0 Å². The van der Waals surface area contributed by atoms with Crippen LogP contribution in [0.4, 0.5) is 5.69 Å². The van der Waals surface area contributed by atoms with E-state index in [1.54, 1.807) is 0 Å². The Balaban J connectivity index is 1.78. The van der Waals surface area contributed by atoms with Gasteiger partial charge in [0.1, 0.15) is 0 Å². The molecule has 1 aliphatic rings. The Morgan fingerprint density at radius 1 is 1.25 bits per heavy atom. The van der Waals surface area contributed by atoms with E-state index >= 15 is 0 Å². The van der Waals surface area contributed by atoms with Crippen molar-refractivity contribution in [2.45, 2.75) is 39.5 Å². The van der Waals surface area contributed by atoms with Gasteiger partial charge in [-0.25, -0.2) is 4.98 Å². The van der Waals surface area contributed by atoms with Crippen LogP contribution in [0.3, 0.4) is 0 Å². The Bertz CT molecular complexity index is 955. The lowest BCUT2D eigenvalue weighted by Crippen LogP contribution is -2.14. The fourth-order valence-electron chi connectivity index (χ4n) is 2.96. The van der Waals surface area contributed by atoms with Crippen molar-refractivity contribution in [1.29, 1.82) is 0 Å². The lowest BCUT2D eigenvalue weighted by Gasteiger charge is -2.11. The highest BCUT2D eigenvalue weighted by atomic mass is 16.5. The van der Waals surface area contributed by atoms with Gasteiger partial charge in [-0.05, 0) is 56.9 Å². The van der Waals surface area contributed by atoms with Crippen molar-refractivity contribution in [2.24, 2.45) is 0 Å². The third kappa shape index (κ3) is 2.46. The lowest BCUT2D eigenvalue weighted by molar-refractivity contribution is 0.102. The van der Waals surface area contributed by atoms with Gasteiger partial charge in [0.05, 0.1) is 16.6 Å². The molecule has 0 atom stereocenters. The second kappa shape index (κ2) is 5.44. The molecule has 5 nitrogen and oxygen atoms in total. The number of nitrogens with zero attached hydrogens (tertiary/aromatic N) is 2. The van der Waals surface area contributed by atoms with Gasteiger partial charge in [-0.1, -0.05) is 17.3 Å². The van der Waals surface area contributed by atoms with E-state index < -0.39 is 0 Å². The SMILES string of the molecule is Cc1cccc(NC(=O)c2cc(C3CC3)nc3onc(C)c23)c1C. The second-order valence-corrected chi connectivity index (χ2v) is 6.52. The minimum absolute atomic E-state index is 0.149. The van der Waals surface area contributed by atoms with E-state index in [2.05, 4.69) is 15.5 Å². The summed E-state index contributed by atoms with van der Waals surface area (Å²) in [7, 11) is 0. The fraction of sp³-hybridized carbons (Fsp3) is 0.316. The van der Waals surface area contributed by atoms with E-state index in [9.17, 15) is 4.79 Å². The van der Waals surface area contributed by atoms with Crippen LogP contribution in [0.1, 0.15) is 51.6 Å². The number of benzene rings is 1. The van der Waals surface area contributed by atoms with Crippen LogP contribution in [0.2, 0.25) is 0 Å². The number of nitrogens with one attached hydrogen (secondary N) is 1. The molecule has 0 spiro atoms. The number of rotatable bonds is 3. The average molecular weight is 321 g/mol. The summed E-state index contributed by atoms with van der Waals surface area (Å²) >= 11 is 0. The van der Waals surface area contributed by atoms with Gasteiger partial charge in [-0.2, -0.15) is 0 Å². The van der Waals surface area contributed by atoms with Gasteiger partial charge in [0.25, 0.3) is 11.6 Å². The van der Waals surface area contributed by atoms with Crippen LogP contribution in [0.5, 0.6) is 0 Å². The zero-order valence-electron chi connectivity index (χ0n) is 14.0. The number of pyridine rings is 1. The van der Waals surface area contributed by atoms with E-state index in [0.29, 0.717) is 28.3 Å². The Labute approximate surface area is 140 Å². The van der Waals surface area contributed by atoms with Crippen molar-refractivity contribution in [3.63, 3.8) is 0 Å². The summed E-state index contributed by atoms with van der Waals surface area (Å²) in [6.07, 6.45) is 2.23. The molecular weight excluding hydrogens is 302 g/mol. The third-order valence-electron chi connectivity index (χ3n) is 4.73. The molecule has 0 radical (unpaired) electrons. The maximum Gasteiger partial charge on any atom is 0.259 e. The van der Waals surface area contributed by atoms with Crippen molar-refractivity contribution in [1.82, 2.24) is 10.1 Å². The molecule has 1 amide bonds. The normalized spacial score (nSPS) is 14.1. The van der Waals surface area contributed by atoms with E-state index in [1.165, 1.54) is 0 Å². The third-order valence-corrected chi connectivity index (χ3v) is 4.73. The Morgan fingerprint density at radius 3 is 2.79 bits per heavy atom. The van der Waals surface area contributed by atoms with Crippen molar-refractivity contribution in [3.8, 4) is 0 Å². The smallest absolute Gasteiger partial charge is 0.259 e. The van der Waals surface area contributed by atoms with Gasteiger partial charge in [-0.15, -0.1) is 0 Å². The zero-order valence-corrected chi connectivity index (χ0v) is 14.0. The largest absolute Gasteiger partial charge is 0.336 e. The molecular formula is C19H19N3O2. The molecule has 5 heteroatoms. The van der Waals surface area contributed by atoms with Gasteiger partial charge in [-0.3, -0.25) is 4.79 Å². The summed E-state index contributed by atoms with van der Waals surface area (Å²) < 4.78 is 5.31. The summed E-state index contributed by atoms with van der Waals surface area (Å²) in [5.41, 5.74) is 5.68. The number of aryl methyl sites for hydroxylation is 2. The monoisotopic (exact) mass is 321 g/mol. The Kier molecular flexibility index (Phi) is 3.37. The summed E-state index contributed by atoms with van der Waals surface area (Å²) in [6.45, 7) is 5.87. The number of hydrogen-bond acceptors (Lipinski definition) is 4. The van der Waals surface area contributed by atoms with Gasteiger partial charge >= 0.3 is 0 Å². The first kappa shape index (κ1) is 14.9. The zero-order chi connectivity index (χ0) is 16.8. The van der Waals surface area contributed by atoms with Crippen molar-refractivity contribution in [2.75, 3.05) is 5.32 Å². The van der Waals surface area contributed by atoms with Gasteiger partial charge in [0, 0.05) is 17.3 Å². The van der Waals surface area contributed by atoms with Crippen molar-refractivity contribution in [3.05, 3.63) is 52.3 Å². The van der Waals surface area contributed by atoms with Gasteiger partial charge < -0.3 is 9.84 Å². The number of carbonyl (C=O) groups is 1. The molecule has 3 aromatic rings. The van der Waals surface area contributed by atoms with E-state index in [0.717, 1.165) is 35.3 Å². The maximum absolute atomic E-state index is 12.9. The average Bonchev–Trinajstić information content (AvgIpc) is 3.35. The van der Waals surface area contributed by atoms with Crippen LogP contribution in [0, 0.1) is 20.8 Å². The van der Waals surface area contributed by atoms with E-state index in [4.69, 9.17) is 4.52 Å². The molecule has 2 aromatic heterocycles. The number of carbonyl (C=O) groups excluding carboxylic acids is 1. The quantitative estimate of drug-likeness (QED) is 0.782. The van der Waals surface area contributed by atoms with Crippen LogP contribution < -0.4 is 5.32 Å². The van der Waals surface area contributed by atoms with Crippen LogP contribution in [-0.2, 0) is 0 Å². The van der Waals surface area contributed by atoms with Crippen LogP contribution in [0.25, 0.3) is 11.1 Å².